The summed E-state index contributed by atoms with van der Waals surface area (Å²) in [6, 6.07) is 32.1. The van der Waals surface area contributed by atoms with Gasteiger partial charge >= 0.3 is 0 Å². The molecule has 0 bridgehead atoms. The Morgan fingerprint density at radius 1 is 0.618 bits per heavy atom. The Hall–Kier alpha value is -3.64. The van der Waals surface area contributed by atoms with E-state index in [1.807, 2.05) is 0 Å². The van der Waals surface area contributed by atoms with E-state index in [9.17, 15) is 0 Å². The van der Waals surface area contributed by atoms with Crippen molar-refractivity contribution < 1.29 is 0 Å². The van der Waals surface area contributed by atoms with E-state index in [1.165, 1.54) is 61.2 Å². The molecule has 0 heterocycles. The second-order valence-corrected chi connectivity index (χ2v) is 10.1. The van der Waals surface area contributed by atoms with Crippen LogP contribution >= 0.6 is 0 Å². The van der Waals surface area contributed by atoms with Gasteiger partial charge in [-0.2, -0.15) is 0 Å². The van der Waals surface area contributed by atoms with E-state index in [4.69, 9.17) is 0 Å². The zero-order valence-electron chi connectivity index (χ0n) is 19.9. The normalized spacial score (nSPS) is 16.8. The van der Waals surface area contributed by atoms with Crippen molar-refractivity contribution in [3.63, 3.8) is 0 Å². The lowest BCUT2D eigenvalue weighted by molar-refractivity contribution is 0.687. The van der Waals surface area contributed by atoms with E-state index in [1.54, 1.807) is 5.57 Å². The fourth-order valence-electron chi connectivity index (χ4n) is 6.89. The number of hydrogen-bond acceptors (Lipinski definition) is 0. The van der Waals surface area contributed by atoms with Crippen LogP contribution in [0.5, 0.6) is 0 Å². The minimum atomic E-state index is -0.220. The van der Waals surface area contributed by atoms with Gasteiger partial charge in [-0.1, -0.05) is 103 Å². The Morgan fingerprint density at radius 3 is 1.97 bits per heavy atom. The molecule has 3 aliphatic rings. The van der Waals surface area contributed by atoms with Gasteiger partial charge in [0, 0.05) is 0 Å². The average Bonchev–Trinajstić information content (AvgIpc) is 3.16. The molecule has 34 heavy (non-hydrogen) atoms. The van der Waals surface area contributed by atoms with Crippen LogP contribution in [0.15, 0.2) is 108 Å². The molecule has 0 radical (unpaired) electrons. The first-order chi connectivity index (χ1) is 16.7. The van der Waals surface area contributed by atoms with Crippen molar-refractivity contribution in [2.75, 3.05) is 0 Å². The van der Waals surface area contributed by atoms with Gasteiger partial charge in [0.15, 0.2) is 0 Å². The average molecular weight is 437 g/mol. The molecular weight excluding hydrogens is 408 g/mol. The summed E-state index contributed by atoms with van der Waals surface area (Å²) < 4.78 is 0. The number of benzene rings is 4. The zero-order valence-corrected chi connectivity index (χ0v) is 19.9. The summed E-state index contributed by atoms with van der Waals surface area (Å²) in [6.07, 6.45) is 8.20. The fourth-order valence-corrected chi connectivity index (χ4v) is 6.89. The molecule has 4 aromatic carbocycles. The maximum absolute atomic E-state index is 2.52. The van der Waals surface area contributed by atoms with Crippen molar-refractivity contribution in [3.05, 3.63) is 142 Å². The summed E-state index contributed by atoms with van der Waals surface area (Å²) in [5.74, 6) is 0. The van der Waals surface area contributed by atoms with Crippen LogP contribution in [0.2, 0.25) is 0 Å². The van der Waals surface area contributed by atoms with Crippen LogP contribution in [0.4, 0.5) is 0 Å². The molecule has 0 nitrogen and oxygen atoms in total. The van der Waals surface area contributed by atoms with Gasteiger partial charge < -0.3 is 0 Å². The Morgan fingerprint density at radius 2 is 1.26 bits per heavy atom. The van der Waals surface area contributed by atoms with Gasteiger partial charge in [0.1, 0.15) is 0 Å². The second kappa shape index (κ2) is 7.18. The summed E-state index contributed by atoms with van der Waals surface area (Å²) in [6.45, 7) is 4.52. The summed E-state index contributed by atoms with van der Waals surface area (Å²) in [5, 5.41) is 0. The third kappa shape index (κ3) is 2.49. The number of allylic oxidation sites excluding steroid dienone is 4. The molecule has 0 amide bonds. The van der Waals surface area contributed by atoms with Crippen molar-refractivity contribution in [2.24, 2.45) is 0 Å². The van der Waals surface area contributed by atoms with Crippen LogP contribution in [0.3, 0.4) is 0 Å². The summed E-state index contributed by atoms with van der Waals surface area (Å²) in [5.41, 5.74) is 17.0. The van der Waals surface area contributed by atoms with E-state index < -0.39 is 0 Å². The first-order valence-corrected chi connectivity index (χ1v) is 12.5. The van der Waals surface area contributed by atoms with Crippen molar-refractivity contribution >= 4 is 0 Å². The maximum atomic E-state index is 2.52. The van der Waals surface area contributed by atoms with Gasteiger partial charge in [-0.25, -0.2) is 0 Å². The highest BCUT2D eigenvalue weighted by Gasteiger charge is 2.50. The molecule has 164 valence electrons. The summed E-state index contributed by atoms with van der Waals surface area (Å²) >= 11 is 0. The van der Waals surface area contributed by atoms with E-state index >= 15 is 0 Å². The van der Waals surface area contributed by atoms with Crippen LogP contribution in [-0.4, -0.2) is 0 Å². The molecule has 7 rings (SSSR count). The molecule has 4 aromatic rings. The van der Waals surface area contributed by atoms with E-state index in [-0.39, 0.29) is 5.41 Å². The highest BCUT2D eigenvalue weighted by atomic mass is 14.5. The number of rotatable bonds is 1. The van der Waals surface area contributed by atoms with Gasteiger partial charge in [-0.3, -0.25) is 0 Å². The maximum Gasteiger partial charge on any atom is 0.0716 e. The van der Waals surface area contributed by atoms with Crippen molar-refractivity contribution in [1.29, 1.82) is 0 Å². The number of aryl methyl sites for hydroxylation is 2. The Labute approximate surface area is 202 Å². The van der Waals surface area contributed by atoms with Gasteiger partial charge in [0.2, 0.25) is 0 Å². The van der Waals surface area contributed by atoms with Crippen molar-refractivity contribution in [3.8, 4) is 22.3 Å². The quantitative estimate of drug-likeness (QED) is 0.281. The van der Waals surface area contributed by atoms with E-state index in [0.717, 1.165) is 19.3 Å². The summed E-state index contributed by atoms with van der Waals surface area (Å²) in [4.78, 5) is 0. The predicted molar refractivity (Wildman–Crippen MR) is 142 cm³/mol. The van der Waals surface area contributed by atoms with Crippen molar-refractivity contribution in [1.82, 2.24) is 0 Å². The highest BCUT2D eigenvalue weighted by Crippen LogP contribution is 2.60. The second-order valence-electron chi connectivity index (χ2n) is 10.1. The minimum Gasteiger partial charge on any atom is -0.0839 e. The molecule has 0 aliphatic heterocycles. The minimum absolute atomic E-state index is 0.220. The molecule has 0 fully saturated rings. The molecule has 0 atom stereocenters. The van der Waals surface area contributed by atoms with Crippen LogP contribution in [0.25, 0.3) is 22.3 Å². The largest absolute Gasteiger partial charge is 0.0839 e. The fraction of sp³-hybridized carbons (Fsp3) is 0.176. The standard InChI is InChI=1S/C34H28/c1-22-11-3-5-13-26(22)29-21-25-20-24-12-4-8-16-30(24)34(33(25)19-23(29)2)31-17-9-6-14-27(31)28-15-7-10-18-32(28)34/h3,5-11,13-19,21H,4,12,20H2,1-2H3. The van der Waals surface area contributed by atoms with Crippen LogP contribution < -0.4 is 0 Å². The molecule has 0 aromatic heterocycles. The van der Waals surface area contributed by atoms with Crippen molar-refractivity contribution in [2.45, 2.75) is 38.5 Å². The van der Waals surface area contributed by atoms with Gasteiger partial charge in [-0.15, -0.1) is 0 Å². The third-order valence-electron chi connectivity index (χ3n) is 8.33. The van der Waals surface area contributed by atoms with Crippen LogP contribution in [-0.2, 0) is 11.8 Å². The third-order valence-corrected chi connectivity index (χ3v) is 8.33. The Kier molecular flexibility index (Phi) is 4.18. The van der Waals surface area contributed by atoms with Crippen LogP contribution in [0.1, 0.15) is 46.2 Å². The molecular formula is C34H28. The van der Waals surface area contributed by atoms with Gasteiger partial charge in [-0.05, 0) is 94.3 Å². The number of hydrogen-bond donors (Lipinski definition) is 0. The van der Waals surface area contributed by atoms with Crippen LogP contribution in [0, 0.1) is 13.8 Å². The smallest absolute Gasteiger partial charge is 0.0716 e. The topological polar surface area (TPSA) is 0 Å². The molecule has 0 heteroatoms. The molecule has 0 N–H and O–H groups in total. The molecule has 1 spiro atoms. The first kappa shape index (κ1) is 19.8. The lowest BCUT2D eigenvalue weighted by Gasteiger charge is -2.42. The van der Waals surface area contributed by atoms with Gasteiger partial charge in [0.05, 0.1) is 5.41 Å². The molecule has 0 unspecified atom stereocenters. The SMILES string of the molecule is Cc1ccccc1-c1cc2c(cc1C)C1(C3=C(CCC=C3)C2)c2ccccc2-c2ccccc21. The molecule has 0 saturated carbocycles. The Balaban J connectivity index is 1.60. The zero-order chi connectivity index (χ0) is 22.9. The summed E-state index contributed by atoms with van der Waals surface area (Å²) in [7, 11) is 0. The molecule has 3 aliphatic carbocycles. The van der Waals surface area contributed by atoms with E-state index in [0.29, 0.717) is 0 Å². The molecule has 0 saturated heterocycles. The highest BCUT2D eigenvalue weighted by molar-refractivity contribution is 5.88. The lowest BCUT2D eigenvalue weighted by Crippen LogP contribution is -2.35. The predicted octanol–water partition coefficient (Wildman–Crippen LogP) is 8.49. The lowest BCUT2D eigenvalue weighted by atomic mass is 9.59. The first-order valence-electron chi connectivity index (χ1n) is 12.5. The monoisotopic (exact) mass is 436 g/mol. The van der Waals surface area contributed by atoms with E-state index in [2.05, 4.69) is 111 Å². The van der Waals surface area contributed by atoms with Gasteiger partial charge in [0.25, 0.3) is 0 Å². The number of fused-ring (bicyclic) bond motifs is 8. The Bertz CT molecular complexity index is 1500.